The second-order valence-corrected chi connectivity index (χ2v) is 7.28. The average Bonchev–Trinajstić information content (AvgIpc) is 3.14. The van der Waals surface area contributed by atoms with Crippen molar-refractivity contribution in [2.75, 3.05) is 6.26 Å². The minimum atomic E-state index is -4.69. The highest BCUT2D eigenvalue weighted by Crippen LogP contribution is 2.36. The SMILES string of the molecule is CS(=O)(=O)OCc1ccn2c(CC3CC3)nnc2c1C(F)(F)F. The van der Waals surface area contributed by atoms with Crippen LogP contribution in [0.1, 0.15) is 29.8 Å². The second kappa shape index (κ2) is 5.45. The Hall–Kier alpha value is -1.68. The van der Waals surface area contributed by atoms with Crippen molar-refractivity contribution >= 4 is 15.8 Å². The van der Waals surface area contributed by atoms with E-state index in [0.29, 0.717) is 18.2 Å². The van der Waals surface area contributed by atoms with Gasteiger partial charge in [0.15, 0.2) is 5.65 Å². The largest absolute Gasteiger partial charge is 0.420 e. The zero-order chi connectivity index (χ0) is 16.8. The highest BCUT2D eigenvalue weighted by Gasteiger charge is 2.38. The van der Waals surface area contributed by atoms with Gasteiger partial charge in [0.25, 0.3) is 10.1 Å². The predicted octanol–water partition coefficient (Wildman–Crippen LogP) is 2.18. The molecule has 0 aromatic carbocycles. The maximum Gasteiger partial charge on any atom is 0.420 e. The van der Waals surface area contributed by atoms with Gasteiger partial charge < -0.3 is 0 Å². The van der Waals surface area contributed by atoms with Gasteiger partial charge in [0.05, 0.1) is 12.9 Å². The lowest BCUT2D eigenvalue weighted by Crippen LogP contribution is -2.14. The van der Waals surface area contributed by atoms with E-state index in [1.54, 1.807) is 0 Å². The number of nitrogens with zero attached hydrogens (tertiary/aromatic N) is 3. The molecule has 0 saturated heterocycles. The predicted molar refractivity (Wildman–Crippen MR) is 74.0 cm³/mol. The summed E-state index contributed by atoms with van der Waals surface area (Å²) in [6.45, 7) is -0.699. The van der Waals surface area contributed by atoms with Crippen molar-refractivity contribution in [2.45, 2.75) is 32.0 Å². The maximum absolute atomic E-state index is 13.4. The Labute approximate surface area is 130 Å². The van der Waals surface area contributed by atoms with Crippen LogP contribution in [-0.4, -0.2) is 29.3 Å². The average molecular weight is 349 g/mol. The van der Waals surface area contributed by atoms with E-state index in [-0.39, 0.29) is 11.2 Å². The van der Waals surface area contributed by atoms with Crippen molar-refractivity contribution in [3.63, 3.8) is 0 Å². The molecule has 2 aromatic heterocycles. The summed E-state index contributed by atoms with van der Waals surface area (Å²) in [7, 11) is -3.85. The smallest absolute Gasteiger partial charge is 0.286 e. The first kappa shape index (κ1) is 16.2. The number of pyridine rings is 1. The molecule has 3 rings (SSSR count). The lowest BCUT2D eigenvalue weighted by atomic mass is 10.1. The molecule has 2 heterocycles. The summed E-state index contributed by atoms with van der Waals surface area (Å²) < 4.78 is 68.0. The van der Waals surface area contributed by atoms with E-state index < -0.39 is 28.5 Å². The zero-order valence-electron chi connectivity index (χ0n) is 12.2. The molecule has 0 atom stereocenters. The molecule has 1 fully saturated rings. The molecule has 10 heteroatoms. The molecule has 1 aliphatic carbocycles. The molecule has 2 aromatic rings. The van der Waals surface area contributed by atoms with E-state index in [1.807, 2.05) is 0 Å². The molecule has 0 unspecified atom stereocenters. The third kappa shape index (κ3) is 3.63. The quantitative estimate of drug-likeness (QED) is 0.774. The van der Waals surface area contributed by atoms with Gasteiger partial charge in [-0.3, -0.25) is 8.58 Å². The molecule has 1 saturated carbocycles. The molecule has 23 heavy (non-hydrogen) atoms. The van der Waals surface area contributed by atoms with Crippen LogP contribution in [0.4, 0.5) is 13.2 Å². The Kier molecular flexibility index (Phi) is 3.83. The van der Waals surface area contributed by atoms with Crippen LogP contribution in [-0.2, 0) is 33.5 Å². The Morgan fingerprint density at radius 1 is 1.35 bits per heavy atom. The van der Waals surface area contributed by atoms with Gasteiger partial charge in [-0.2, -0.15) is 21.6 Å². The number of fused-ring (bicyclic) bond motifs is 1. The highest BCUT2D eigenvalue weighted by molar-refractivity contribution is 7.85. The van der Waals surface area contributed by atoms with Crippen LogP contribution in [0.2, 0.25) is 0 Å². The molecule has 126 valence electrons. The second-order valence-electron chi connectivity index (χ2n) is 5.64. The van der Waals surface area contributed by atoms with E-state index in [4.69, 9.17) is 0 Å². The minimum absolute atomic E-state index is 0.291. The maximum atomic E-state index is 13.4. The standard InChI is InChI=1S/C13H14F3N3O3S/c1-23(20,21)22-7-9-4-5-19-10(6-8-2-3-8)17-18-12(19)11(9)13(14,15)16/h4-5,8H,2-3,6-7H2,1H3. The van der Waals surface area contributed by atoms with Crippen molar-refractivity contribution < 1.29 is 25.8 Å². The first-order valence-electron chi connectivity index (χ1n) is 6.92. The fraction of sp³-hybridized carbons (Fsp3) is 0.538. The number of halogens is 3. The van der Waals surface area contributed by atoms with Crippen molar-refractivity contribution in [3.8, 4) is 0 Å². The number of aromatic nitrogens is 3. The lowest BCUT2D eigenvalue weighted by molar-refractivity contribution is -0.137. The molecule has 0 aliphatic heterocycles. The van der Waals surface area contributed by atoms with Crippen LogP contribution in [0, 0.1) is 5.92 Å². The van der Waals surface area contributed by atoms with E-state index in [0.717, 1.165) is 19.1 Å². The lowest BCUT2D eigenvalue weighted by Gasteiger charge is -2.13. The summed E-state index contributed by atoms with van der Waals surface area (Å²) in [6.07, 6.45) is 0.176. The molecule has 0 radical (unpaired) electrons. The number of rotatable bonds is 5. The summed E-state index contributed by atoms with van der Waals surface area (Å²) in [4.78, 5) is 0. The first-order chi connectivity index (χ1) is 10.6. The van der Waals surface area contributed by atoms with Gasteiger partial charge in [-0.15, -0.1) is 10.2 Å². The van der Waals surface area contributed by atoms with Crippen LogP contribution < -0.4 is 0 Å². The molecular formula is C13H14F3N3O3S. The summed E-state index contributed by atoms with van der Waals surface area (Å²) >= 11 is 0. The van der Waals surface area contributed by atoms with Crippen molar-refractivity contribution in [1.82, 2.24) is 14.6 Å². The molecule has 6 nitrogen and oxygen atoms in total. The molecule has 1 aliphatic rings. The van der Waals surface area contributed by atoms with Crippen LogP contribution in [0.5, 0.6) is 0 Å². The molecule has 0 bridgehead atoms. The van der Waals surface area contributed by atoms with Crippen LogP contribution in [0.25, 0.3) is 5.65 Å². The molecular weight excluding hydrogens is 335 g/mol. The van der Waals surface area contributed by atoms with Crippen LogP contribution in [0.15, 0.2) is 12.3 Å². The third-order valence-corrected chi connectivity index (χ3v) is 4.16. The number of hydrogen-bond donors (Lipinski definition) is 0. The van der Waals surface area contributed by atoms with Gasteiger partial charge >= 0.3 is 6.18 Å². The Morgan fingerprint density at radius 2 is 2.04 bits per heavy atom. The van der Waals surface area contributed by atoms with Crippen LogP contribution in [0.3, 0.4) is 0 Å². The van der Waals surface area contributed by atoms with E-state index in [2.05, 4.69) is 14.4 Å². The molecule has 0 amide bonds. The summed E-state index contributed by atoms with van der Waals surface area (Å²) in [5.41, 5.74) is -1.64. The van der Waals surface area contributed by atoms with Gasteiger partial charge in [0.2, 0.25) is 0 Å². The van der Waals surface area contributed by atoms with Gasteiger partial charge in [-0.05, 0) is 30.4 Å². The summed E-state index contributed by atoms with van der Waals surface area (Å²) in [5, 5.41) is 7.51. The van der Waals surface area contributed by atoms with E-state index in [1.165, 1.54) is 16.7 Å². The topological polar surface area (TPSA) is 73.6 Å². The molecule has 0 spiro atoms. The monoisotopic (exact) mass is 349 g/mol. The van der Waals surface area contributed by atoms with Gasteiger partial charge in [0, 0.05) is 12.6 Å². The molecule has 0 N–H and O–H groups in total. The van der Waals surface area contributed by atoms with Crippen molar-refractivity contribution in [3.05, 3.63) is 29.2 Å². The van der Waals surface area contributed by atoms with Gasteiger partial charge in [-0.25, -0.2) is 0 Å². The Balaban J connectivity index is 2.06. The zero-order valence-corrected chi connectivity index (χ0v) is 13.0. The van der Waals surface area contributed by atoms with Gasteiger partial charge in [-0.1, -0.05) is 0 Å². The van der Waals surface area contributed by atoms with Crippen molar-refractivity contribution in [1.29, 1.82) is 0 Å². The van der Waals surface area contributed by atoms with Crippen LogP contribution >= 0.6 is 0 Å². The Bertz CT molecular complexity index is 841. The first-order valence-corrected chi connectivity index (χ1v) is 8.74. The van der Waals surface area contributed by atoms with E-state index >= 15 is 0 Å². The van der Waals surface area contributed by atoms with E-state index in [9.17, 15) is 21.6 Å². The fourth-order valence-electron chi connectivity index (χ4n) is 2.36. The normalized spacial score (nSPS) is 16.2. The summed E-state index contributed by atoms with van der Waals surface area (Å²) in [6, 6.07) is 1.20. The third-order valence-electron chi connectivity index (χ3n) is 3.62. The number of alkyl halides is 3. The Morgan fingerprint density at radius 3 is 2.61 bits per heavy atom. The number of hydrogen-bond acceptors (Lipinski definition) is 5. The highest BCUT2D eigenvalue weighted by atomic mass is 32.2. The van der Waals surface area contributed by atoms with Crippen molar-refractivity contribution in [2.24, 2.45) is 5.92 Å². The fourth-order valence-corrected chi connectivity index (χ4v) is 2.70. The van der Waals surface area contributed by atoms with Gasteiger partial charge in [0.1, 0.15) is 11.4 Å². The minimum Gasteiger partial charge on any atom is -0.286 e. The summed E-state index contributed by atoms with van der Waals surface area (Å²) in [5.74, 6) is 0.925.